The molecular weight excluding hydrogens is 356 g/mol. The molecule has 3 rings (SSSR count). The van der Waals surface area contributed by atoms with Gasteiger partial charge in [-0.3, -0.25) is 4.79 Å². The Morgan fingerprint density at radius 1 is 1.07 bits per heavy atom. The number of nitrogens with zero attached hydrogens (tertiary/aromatic N) is 1. The van der Waals surface area contributed by atoms with Gasteiger partial charge in [-0.1, -0.05) is 0 Å². The Labute approximate surface area is 166 Å². The Kier molecular flexibility index (Phi) is 6.63. The fraction of sp³-hybridized carbons (Fsp3) is 0.409. The summed E-state index contributed by atoms with van der Waals surface area (Å²) in [5, 5.41) is 3.30. The summed E-state index contributed by atoms with van der Waals surface area (Å²) < 4.78 is 16.2. The number of carbonyl (C=O) groups is 1. The van der Waals surface area contributed by atoms with Crippen LogP contribution in [0.1, 0.15) is 24.5 Å². The lowest BCUT2D eigenvalue weighted by Gasteiger charge is -2.29. The van der Waals surface area contributed by atoms with Gasteiger partial charge in [0, 0.05) is 31.7 Å². The molecule has 0 atom stereocenters. The second-order valence-corrected chi connectivity index (χ2v) is 6.68. The van der Waals surface area contributed by atoms with E-state index in [2.05, 4.69) is 5.32 Å². The van der Waals surface area contributed by atoms with Gasteiger partial charge in [-0.2, -0.15) is 0 Å². The van der Waals surface area contributed by atoms with Gasteiger partial charge in [-0.05, 0) is 60.9 Å². The first kappa shape index (κ1) is 19.9. The van der Waals surface area contributed by atoms with Crippen LogP contribution in [-0.4, -0.2) is 44.7 Å². The van der Waals surface area contributed by atoms with Crippen molar-refractivity contribution in [2.45, 2.75) is 26.3 Å². The lowest BCUT2D eigenvalue weighted by molar-refractivity contribution is -0.131. The van der Waals surface area contributed by atoms with Gasteiger partial charge in [0.15, 0.2) is 11.5 Å². The number of rotatable bonds is 8. The molecule has 0 radical (unpaired) electrons. The van der Waals surface area contributed by atoms with Gasteiger partial charge in [0.05, 0.1) is 20.8 Å². The lowest BCUT2D eigenvalue weighted by Crippen LogP contribution is -2.36. The van der Waals surface area contributed by atoms with E-state index in [-0.39, 0.29) is 5.91 Å². The molecule has 2 aromatic rings. The molecule has 150 valence electrons. The molecule has 1 amide bonds. The van der Waals surface area contributed by atoms with Gasteiger partial charge < -0.3 is 24.4 Å². The van der Waals surface area contributed by atoms with Crippen LogP contribution in [0.5, 0.6) is 17.2 Å². The van der Waals surface area contributed by atoms with E-state index < -0.39 is 0 Å². The van der Waals surface area contributed by atoms with E-state index in [1.807, 2.05) is 48.2 Å². The van der Waals surface area contributed by atoms with Crippen molar-refractivity contribution < 1.29 is 19.0 Å². The number of ether oxygens (including phenoxy) is 3. The molecule has 1 N–H and O–H groups in total. The zero-order valence-electron chi connectivity index (χ0n) is 16.8. The molecule has 1 aliphatic rings. The van der Waals surface area contributed by atoms with Crippen LogP contribution in [0.3, 0.4) is 0 Å². The third kappa shape index (κ3) is 4.68. The summed E-state index contributed by atoms with van der Waals surface area (Å²) in [5.41, 5.74) is 3.32. The summed E-state index contributed by atoms with van der Waals surface area (Å²) in [4.78, 5) is 14.5. The highest BCUT2D eigenvalue weighted by molar-refractivity contribution is 5.77. The first-order valence-corrected chi connectivity index (χ1v) is 9.63. The number of nitrogens with one attached hydrogen (secondary N) is 1. The molecular formula is C22H28N2O4. The molecule has 0 spiro atoms. The van der Waals surface area contributed by atoms with Crippen LogP contribution in [0.25, 0.3) is 0 Å². The monoisotopic (exact) mass is 384 g/mol. The van der Waals surface area contributed by atoms with Gasteiger partial charge in [0.2, 0.25) is 5.91 Å². The van der Waals surface area contributed by atoms with Crippen molar-refractivity contribution in [1.82, 2.24) is 4.90 Å². The molecule has 2 aromatic carbocycles. The molecule has 0 aliphatic carbocycles. The average Bonchev–Trinajstić information content (AvgIpc) is 2.73. The molecule has 0 fully saturated rings. The number of methoxy groups -OCH3 is 2. The van der Waals surface area contributed by atoms with Crippen molar-refractivity contribution in [3.05, 3.63) is 47.5 Å². The highest BCUT2D eigenvalue weighted by Crippen LogP contribution is 2.33. The van der Waals surface area contributed by atoms with E-state index in [1.165, 1.54) is 5.56 Å². The van der Waals surface area contributed by atoms with Crippen molar-refractivity contribution >= 4 is 11.6 Å². The minimum absolute atomic E-state index is 0.152. The molecule has 28 heavy (non-hydrogen) atoms. The minimum atomic E-state index is 0.152. The predicted octanol–water partition coefficient (Wildman–Crippen LogP) is 3.49. The quantitative estimate of drug-likeness (QED) is 0.755. The summed E-state index contributed by atoms with van der Waals surface area (Å²) in [7, 11) is 3.27. The second kappa shape index (κ2) is 9.35. The van der Waals surface area contributed by atoms with E-state index in [4.69, 9.17) is 14.2 Å². The highest BCUT2D eigenvalue weighted by Gasteiger charge is 2.22. The summed E-state index contributed by atoms with van der Waals surface area (Å²) in [6.07, 6.45) is 1.28. The number of benzene rings is 2. The first-order valence-electron chi connectivity index (χ1n) is 9.63. The smallest absolute Gasteiger partial charge is 0.224 e. The van der Waals surface area contributed by atoms with Gasteiger partial charge in [-0.25, -0.2) is 0 Å². The summed E-state index contributed by atoms with van der Waals surface area (Å²) in [5.74, 6) is 2.44. The fourth-order valence-electron chi connectivity index (χ4n) is 3.40. The molecule has 1 aliphatic heterocycles. The average molecular weight is 384 g/mol. The van der Waals surface area contributed by atoms with Crippen molar-refractivity contribution in [2.24, 2.45) is 0 Å². The topological polar surface area (TPSA) is 60.0 Å². The largest absolute Gasteiger partial charge is 0.494 e. The van der Waals surface area contributed by atoms with Crippen LogP contribution in [0, 0.1) is 0 Å². The van der Waals surface area contributed by atoms with Crippen molar-refractivity contribution in [3.8, 4) is 17.2 Å². The maximum Gasteiger partial charge on any atom is 0.224 e. The molecule has 1 heterocycles. The number of hydrogen-bond donors (Lipinski definition) is 1. The fourth-order valence-corrected chi connectivity index (χ4v) is 3.40. The van der Waals surface area contributed by atoms with Crippen LogP contribution in [0.4, 0.5) is 5.69 Å². The van der Waals surface area contributed by atoms with E-state index in [1.54, 1.807) is 14.2 Å². The zero-order chi connectivity index (χ0) is 19.9. The molecule has 6 heteroatoms. The normalized spacial score (nSPS) is 12.9. The second-order valence-electron chi connectivity index (χ2n) is 6.68. The molecule has 0 saturated heterocycles. The van der Waals surface area contributed by atoms with Gasteiger partial charge >= 0.3 is 0 Å². The van der Waals surface area contributed by atoms with Crippen LogP contribution < -0.4 is 19.5 Å². The van der Waals surface area contributed by atoms with Crippen LogP contribution in [-0.2, 0) is 17.8 Å². The van der Waals surface area contributed by atoms with Crippen LogP contribution in [0.15, 0.2) is 36.4 Å². The maximum atomic E-state index is 12.6. The summed E-state index contributed by atoms with van der Waals surface area (Å²) in [6, 6.07) is 11.8. The number of amides is 1. The Morgan fingerprint density at radius 3 is 2.39 bits per heavy atom. The minimum Gasteiger partial charge on any atom is -0.494 e. The predicted molar refractivity (Wildman–Crippen MR) is 109 cm³/mol. The highest BCUT2D eigenvalue weighted by atomic mass is 16.5. The number of fused-ring (bicyclic) bond motifs is 1. The van der Waals surface area contributed by atoms with Gasteiger partial charge in [0.1, 0.15) is 5.75 Å². The first-order chi connectivity index (χ1) is 13.6. The Hall–Kier alpha value is -2.89. The van der Waals surface area contributed by atoms with Crippen molar-refractivity contribution in [2.75, 3.05) is 39.2 Å². The third-order valence-corrected chi connectivity index (χ3v) is 4.90. The van der Waals surface area contributed by atoms with E-state index in [0.29, 0.717) is 31.9 Å². The Bertz CT molecular complexity index is 805. The van der Waals surface area contributed by atoms with E-state index >= 15 is 0 Å². The zero-order valence-corrected chi connectivity index (χ0v) is 16.8. The number of anilines is 1. The van der Waals surface area contributed by atoms with Crippen LogP contribution in [0.2, 0.25) is 0 Å². The molecule has 0 unspecified atom stereocenters. The maximum absolute atomic E-state index is 12.6. The lowest BCUT2D eigenvalue weighted by atomic mass is 9.98. The third-order valence-electron chi connectivity index (χ3n) is 4.90. The van der Waals surface area contributed by atoms with Crippen molar-refractivity contribution in [1.29, 1.82) is 0 Å². The Morgan fingerprint density at radius 2 is 1.75 bits per heavy atom. The number of hydrogen-bond acceptors (Lipinski definition) is 5. The molecule has 0 aromatic heterocycles. The van der Waals surface area contributed by atoms with E-state index in [9.17, 15) is 4.79 Å². The summed E-state index contributed by atoms with van der Waals surface area (Å²) in [6.45, 7) is 4.55. The van der Waals surface area contributed by atoms with Crippen molar-refractivity contribution in [3.63, 3.8) is 0 Å². The SMILES string of the molecule is CCOc1ccc(NCCC(=O)N2CCc3cc(OC)c(OC)cc3C2)cc1. The summed E-state index contributed by atoms with van der Waals surface area (Å²) >= 11 is 0. The standard InChI is InChI=1S/C22H28N2O4/c1-4-28-19-7-5-18(6-8-19)23-11-9-22(25)24-12-10-16-13-20(26-2)21(27-3)14-17(16)15-24/h5-8,13-14,23H,4,9-12,15H2,1-3H3. The van der Waals surface area contributed by atoms with Crippen LogP contribution >= 0.6 is 0 Å². The molecule has 0 saturated carbocycles. The molecule has 6 nitrogen and oxygen atoms in total. The number of carbonyl (C=O) groups excluding carboxylic acids is 1. The van der Waals surface area contributed by atoms with Gasteiger partial charge in [-0.15, -0.1) is 0 Å². The van der Waals surface area contributed by atoms with E-state index in [0.717, 1.165) is 35.7 Å². The van der Waals surface area contributed by atoms with Gasteiger partial charge in [0.25, 0.3) is 0 Å². The Balaban J connectivity index is 1.53. The molecule has 0 bridgehead atoms.